The SMILES string of the molecule is CC1CCCN(C(=O)COc2ccc(F)c(F)c2)C1. The molecule has 1 aromatic rings. The molecule has 1 aliphatic heterocycles. The average Bonchev–Trinajstić information content (AvgIpc) is 2.40. The summed E-state index contributed by atoms with van der Waals surface area (Å²) in [6, 6.07) is 3.24. The highest BCUT2D eigenvalue weighted by atomic mass is 19.2. The third-order valence-corrected chi connectivity index (χ3v) is 3.26. The third-order valence-electron chi connectivity index (χ3n) is 3.26. The zero-order valence-corrected chi connectivity index (χ0v) is 10.9. The second-order valence-electron chi connectivity index (χ2n) is 4.95. The van der Waals surface area contributed by atoms with Gasteiger partial charge in [-0.15, -0.1) is 0 Å². The van der Waals surface area contributed by atoms with Gasteiger partial charge in [0, 0.05) is 19.2 Å². The molecule has 1 unspecified atom stereocenters. The standard InChI is InChI=1S/C14H17F2NO2/c1-10-3-2-6-17(8-10)14(18)9-19-11-4-5-12(15)13(16)7-11/h4-5,7,10H,2-3,6,8-9H2,1H3. The number of amides is 1. The number of nitrogens with zero attached hydrogens (tertiary/aromatic N) is 1. The van der Waals surface area contributed by atoms with E-state index in [4.69, 9.17) is 4.74 Å². The molecule has 0 saturated carbocycles. The number of carbonyl (C=O) groups is 1. The molecule has 0 spiro atoms. The molecule has 3 nitrogen and oxygen atoms in total. The number of likely N-dealkylation sites (tertiary alicyclic amines) is 1. The molecule has 0 aliphatic carbocycles. The van der Waals surface area contributed by atoms with Crippen molar-refractivity contribution in [2.75, 3.05) is 19.7 Å². The van der Waals surface area contributed by atoms with Gasteiger partial charge in [-0.25, -0.2) is 8.78 Å². The van der Waals surface area contributed by atoms with E-state index in [-0.39, 0.29) is 18.3 Å². The van der Waals surface area contributed by atoms with Crippen molar-refractivity contribution in [2.24, 2.45) is 5.92 Å². The molecule has 1 saturated heterocycles. The molecule has 0 radical (unpaired) electrons. The van der Waals surface area contributed by atoms with Crippen LogP contribution in [0.4, 0.5) is 8.78 Å². The van der Waals surface area contributed by atoms with Gasteiger partial charge in [-0.2, -0.15) is 0 Å². The number of benzene rings is 1. The topological polar surface area (TPSA) is 29.5 Å². The van der Waals surface area contributed by atoms with E-state index in [1.165, 1.54) is 6.07 Å². The van der Waals surface area contributed by atoms with Crippen LogP contribution < -0.4 is 4.74 Å². The Bertz CT molecular complexity index is 465. The fraction of sp³-hybridized carbons (Fsp3) is 0.500. The smallest absolute Gasteiger partial charge is 0.260 e. The van der Waals surface area contributed by atoms with Crippen LogP contribution in [0.2, 0.25) is 0 Å². The van der Waals surface area contributed by atoms with E-state index < -0.39 is 11.6 Å². The number of carbonyl (C=O) groups excluding carboxylic acids is 1. The van der Waals surface area contributed by atoms with E-state index >= 15 is 0 Å². The van der Waals surface area contributed by atoms with Crippen molar-refractivity contribution in [3.63, 3.8) is 0 Å². The Kier molecular flexibility index (Phi) is 4.35. The third kappa shape index (κ3) is 3.66. The van der Waals surface area contributed by atoms with Gasteiger partial charge < -0.3 is 9.64 Å². The Labute approximate surface area is 111 Å². The van der Waals surface area contributed by atoms with Crippen LogP contribution in [-0.2, 0) is 4.79 Å². The van der Waals surface area contributed by atoms with Gasteiger partial charge >= 0.3 is 0 Å². The van der Waals surface area contributed by atoms with E-state index in [9.17, 15) is 13.6 Å². The molecule has 1 atom stereocenters. The van der Waals surface area contributed by atoms with E-state index in [0.717, 1.165) is 38.1 Å². The summed E-state index contributed by atoms with van der Waals surface area (Å²) in [6.07, 6.45) is 2.13. The van der Waals surface area contributed by atoms with Crippen LogP contribution in [0.1, 0.15) is 19.8 Å². The van der Waals surface area contributed by atoms with E-state index in [2.05, 4.69) is 6.92 Å². The van der Waals surface area contributed by atoms with Crippen molar-refractivity contribution in [3.05, 3.63) is 29.8 Å². The van der Waals surface area contributed by atoms with Crippen LogP contribution >= 0.6 is 0 Å². The largest absolute Gasteiger partial charge is 0.484 e. The molecule has 19 heavy (non-hydrogen) atoms. The van der Waals surface area contributed by atoms with Crippen LogP contribution in [0.15, 0.2) is 18.2 Å². The number of rotatable bonds is 3. The quantitative estimate of drug-likeness (QED) is 0.844. The van der Waals surface area contributed by atoms with Gasteiger partial charge in [0.05, 0.1) is 0 Å². The fourth-order valence-electron chi connectivity index (χ4n) is 2.22. The molecule has 0 aromatic heterocycles. The Balaban J connectivity index is 1.87. The average molecular weight is 269 g/mol. The Morgan fingerprint density at radius 3 is 2.89 bits per heavy atom. The van der Waals surface area contributed by atoms with Crippen LogP contribution in [0, 0.1) is 17.6 Å². The van der Waals surface area contributed by atoms with E-state index in [1.54, 1.807) is 4.90 Å². The fourth-order valence-corrected chi connectivity index (χ4v) is 2.22. The summed E-state index contributed by atoms with van der Waals surface area (Å²) in [4.78, 5) is 13.7. The highest BCUT2D eigenvalue weighted by molar-refractivity contribution is 5.77. The lowest BCUT2D eigenvalue weighted by atomic mass is 10.0. The summed E-state index contributed by atoms with van der Waals surface area (Å²) in [5.41, 5.74) is 0. The number of halogens is 2. The molecular formula is C14H17F2NO2. The maximum atomic E-state index is 13.0. The molecule has 1 aromatic carbocycles. The molecule has 2 rings (SSSR count). The Hall–Kier alpha value is -1.65. The molecule has 5 heteroatoms. The van der Waals surface area contributed by atoms with Gasteiger partial charge in [0.1, 0.15) is 5.75 Å². The number of hydrogen-bond donors (Lipinski definition) is 0. The van der Waals surface area contributed by atoms with Crippen LogP contribution in [0.5, 0.6) is 5.75 Å². The highest BCUT2D eigenvalue weighted by Gasteiger charge is 2.21. The summed E-state index contributed by atoms with van der Waals surface area (Å²) in [7, 11) is 0. The number of hydrogen-bond acceptors (Lipinski definition) is 2. The second kappa shape index (κ2) is 5.99. The van der Waals surface area contributed by atoms with Crippen molar-refractivity contribution in [1.82, 2.24) is 4.90 Å². The lowest BCUT2D eigenvalue weighted by Gasteiger charge is -2.30. The van der Waals surface area contributed by atoms with Crippen molar-refractivity contribution >= 4 is 5.91 Å². The van der Waals surface area contributed by atoms with Crippen molar-refractivity contribution < 1.29 is 18.3 Å². The van der Waals surface area contributed by atoms with Crippen LogP contribution in [0.3, 0.4) is 0 Å². The molecule has 1 fully saturated rings. The van der Waals surface area contributed by atoms with Gasteiger partial charge in [0.2, 0.25) is 0 Å². The maximum absolute atomic E-state index is 13.0. The van der Waals surface area contributed by atoms with Gasteiger partial charge in [-0.1, -0.05) is 6.92 Å². The molecule has 1 heterocycles. The Morgan fingerprint density at radius 1 is 1.42 bits per heavy atom. The number of ether oxygens (including phenoxy) is 1. The lowest BCUT2D eigenvalue weighted by molar-refractivity contribution is -0.135. The van der Waals surface area contributed by atoms with Crippen molar-refractivity contribution in [2.45, 2.75) is 19.8 Å². The van der Waals surface area contributed by atoms with E-state index in [1.807, 2.05) is 0 Å². The summed E-state index contributed by atoms with van der Waals surface area (Å²) in [6.45, 7) is 3.44. The normalized spacial score (nSPS) is 19.3. The highest BCUT2D eigenvalue weighted by Crippen LogP contribution is 2.17. The van der Waals surface area contributed by atoms with Crippen molar-refractivity contribution in [3.8, 4) is 5.75 Å². The molecule has 0 bridgehead atoms. The molecule has 104 valence electrons. The first-order valence-electron chi connectivity index (χ1n) is 6.42. The van der Waals surface area contributed by atoms with Crippen LogP contribution in [0.25, 0.3) is 0 Å². The van der Waals surface area contributed by atoms with Gasteiger partial charge in [0.15, 0.2) is 18.2 Å². The minimum Gasteiger partial charge on any atom is -0.484 e. The number of piperidine rings is 1. The first-order chi connectivity index (χ1) is 9.06. The van der Waals surface area contributed by atoms with Crippen molar-refractivity contribution in [1.29, 1.82) is 0 Å². The monoisotopic (exact) mass is 269 g/mol. The lowest BCUT2D eigenvalue weighted by Crippen LogP contribution is -2.41. The van der Waals surface area contributed by atoms with Gasteiger partial charge in [0.25, 0.3) is 5.91 Å². The molecule has 1 amide bonds. The second-order valence-corrected chi connectivity index (χ2v) is 4.95. The zero-order valence-electron chi connectivity index (χ0n) is 10.9. The Morgan fingerprint density at radius 2 is 2.21 bits per heavy atom. The minimum absolute atomic E-state index is 0.115. The summed E-state index contributed by atoms with van der Waals surface area (Å²) in [5, 5.41) is 0. The molecular weight excluding hydrogens is 252 g/mol. The first-order valence-corrected chi connectivity index (χ1v) is 6.42. The van der Waals surface area contributed by atoms with Gasteiger partial charge in [-0.05, 0) is 30.9 Å². The predicted molar refractivity (Wildman–Crippen MR) is 66.8 cm³/mol. The van der Waals surface area contributed by atoms with E-state index in [0.29, 0.717) is 5.92 Å². The summed E-state index contributed by atoms with van der Waals surface area (Å²) in [5.74, 6) is -1.35. The summed E-state index contributed by atoms with van der Waals surface area (Å²) < 4.78 is 30.9. The maximum Gasteiger partial charge on any atom is 0.260 e. The van der Waals surface area contributed by atoms with Crippen LogP contribution in [-0.4, -0.2) is 30.5 Å². The summed E-state index contributed by atoms with van der Waals surface area (Å²) >= 11 is 0. The first kappa shape index (κ1) is 13.8. The molecule has 0 N–H and O–H groups in total. The molecule has 1 aliphatic rings. The van der Waals surface area contributed by atoms with Gasteiger partial charge in [-0.3, -0.25) is 4.79 Å². The minimum atomic E-state index is -0.975. The predicted octanol–water partition coefficient (Wildman–Crippen LogP) is 2.60. The zero-order chi connectivity index (χ0) is 13.8.